The van der Waals surface area contributed by atoms with Gasteiger partial charge >= 0.3 is 0 Å². The van der Waals surface area contributed by atoms with Crippen molar-refractivity contribution in [3.8, 4) is 11.5 Å². The summed E-state index contributed by atoms with van der Waals surface area (Å²) in [5.74, 6) is 1.61. The minimum absolute atomic E-state index is 0.469. The normalized spacial score (nSPS) is 16.3. The molecule has 1 heterocycles. The SMILES string of the molecule is COc1ccc(CN)c(OCCN2CCOCC2)c1. The van der Waals surface area contributed by atoms with E-state index in [0.717, 1.165) is 49.9 Å². The van der Waals surface area contributed by atoms with Crippen molar-refractivity contribution >= 4 is 0 Å². The van der Waals surface area contributed by atoms with Crippen LogP contribution < -0.4 is 15.2 Å². The summed E-state index contributed by atoms with van der Waals surface area (Å²) in [5.41, 5.74) is 6.71. The summed E-state index contributed by atoms with van der Waals surface area (Å²) in [4.78, 5) is 2.34. The second kappa shape index (κ2) is 7.33. The molecule has 0 bridgehead atoms. The van der Waals surface area contributed by atoms with Crippen LogP contribution in [-0.2, 0) is 11.3 Å². The molecule has 0 spiro atoms. The molecule has 1 aliphatic heterocycles. The van der Waals surface area contributed by atoms with Crippen LogP contribution in [0.25, 0.3) is 0 Å². The maximum atomic E-state index is 5.83. The van der Waals surface area contributed by atoms with Gasteiger partial charge in [0.1, 0.15) is 18.1 Å². The van der Waals surface area contributed by atoms with Gasteiger partial charge in [0, 0.05) is 37.8 Å². The lowest BCUT2D eigenvalue weighted by atomic mass is 10.2. The monoisotopic (exact) mass is 266 g/mol. The average molecular weight is 266 g/mol. The third-order valence-corrected chi connectivity index (χ3v) is 3.26. The Labute approximate surface area is 114 Å². The van der Waals surface area contributed by atoms with Gasteiger partial charge in [-0.1, -0.05) is 6.07 Å². The van der Waals surface area contributed by atoms with E-state index >= 15 is 0 Å². The quantitative estimate of drug-likeness (QED) is 0.828. The first-order valence-electron chi connectivity index (χ1n) is 6.63. The number of morpholine rings is 1. The molecule has 1 aromatic rings. The largest absolute Gasteiger partial charge is 0.497 e. The second-order valence-corrected chi connectivity index (χ2v) is 4.48. The number of nitrogens with two attached hydrogens (primary N) is 1. The molecule has 0 aliphatic carbocycles. The lowest BCUT2D eigenvalue weighted by molar-refractivity contribution is 0.0322. The first-order chi connectivity index (χ1) is 9.33. The number of methoxy groups -OCH3 is 1. The molecule has 1 fully saturated rings. The van der Waals surface area contributed by atoms with Gasteiger partial charge in [-0.2, -0.15) is 0 Å². The third kappa shape index (κ3) is 4.09. The standard InChI is InChI=1S/C14H22N2O3/c1-17-13-3-2-12(11-15)14(10-13)19-9-6-16-4-7-18-8-5-16/h2-3,10H,4-9,11,15H2,1H3. The molecule has 0 aromatic heterocycles. The Morgan fingerprint density at radius 3 is 2.79 bits per heavy atom. The number of nitrogens with zero attached hydrogens (tertiary/aromatic N) is 1. The molecule has 19 heavy (non-hydrogen) atoms. The van der Waals surface area contributed by atoms with Crippen LogP contribution in [0.4, 0.5) is 0 Å². The van der Waals surface area contributed by atoms with E-state index < -0.39 is 0 Å². The molecule has 5 nitrogen and oxygen atoms in total. The van der Waals surface area contributed by atoms with Gasteiger partial charge in [-0.3, -0.25) is 4.90 Å². The highest BCUT2D eigenvalue weighted by Crippen LogP contribution is 2.24. The molecule has 0 radical (unpaired) electrons. The molecule has 1 aromatic carbocycles. The Morgan fingerprint density at radius 2 is 2.11 bits per heavy atom. The molecule has 106 valence electrons. The Hall–Kier alpha value is -1.30. The minimum atomic E-state index is 0.469. The summed E-state index contributed by atoms with van der Waals surface area (Å²) in [6.07, 6.45) is 0. The summed E-state index contributed by atoms with van der Waals surface area (Å²) >= 11 is 0. The lowest BCUT2D eigenvalue weighted by Crippen LogP contribution is -2.38. The first kappa shape index (κ1) is 14.1. The van der Waals surface area contributed by atoms with Gasteiger partial charge in [0.15, 0.2) is 0 Å². The molecule has 0 atom stereocenters. The van der Waals surface area contributed by atoms with E-state index in [0.29, 0.717) is 13.2 Å². The molecule has 5 heteroatoms. The van der Waals surface area contributed by atoms with Crippen molar-refractivity contribution in [2.45, 2.75) is 6.54 Å². The Bertz CT molecular complexity index is 392. The van der Waals surface area contributed by atoms with Crippen LogP contribution >= 0.6 is 0 Å². The van der Waals surface area contributed by atoms with Gasteiger partial charge in [0.05, 0.1) is 20.3 Å². The molecule has 2 rings (SSSR count). The van der Waals surface area contributed by atoms with Crippen molar-refractivity contribution < 1.29 is 14.2 Å². The second-order valence-electron chi connectivity index (χ2n) is 4.48. The predicted molar refractivity (Wildman–Crippen MR) is 73.6 cm³/mol. The lowest BCUT2D eigenvalue weighted by Gasteiger charge is -2.26. The van der Waals surface area contributed by atoms with Gasteiger partial charge in [-0.05, 0) is 6.07 Å². The molecular formula is C14H22N2O3. The summed E-state index contributed by atoms with van der Waals surface area (Å²) in [5, 5.41) is 0. The van der Waals surface area contributed by atoms with Crippen molar-refractivity contribution in [2.24, 2.45) is 5.73 Å². The maximum Gasteiger partial charge on any atom is 0.127 e. The van der Waals surface area contributed by atoms with Gasteiger partial charge < -0.3 is 19.9 Å². The van der Waals surface area contributed by atoms with Crippen molar-refractivity contribution in [3.05, 3.63) is 23.8 Å². The Morgan fingerprint density at radius 1 is 1.32 bits per heavy atom. The zero-order valence-corrected chi connectivity index (χ0v) is 11.4. The van der Waals surface area contributed by atoms with Crippen molar-refractivity contribution in [2.75, 3.05) is 46.6 Å². The molecule has 0 saturated carbocycles. The van der Waals surface area contributed by atoms with Crippen LogP contribution in [0.1, 0.15) is 5.56 Å². The fraction of sp³-hybridized carbons (Fsp3) is 0.571. The first-order valence-corrected chi connectivity index (χ1v) is 6.63. The van der Waals surface area contributed by atoms with Crippen molar-refractivity contribution in [3.63, 3.8) is 0 Å². The highest BCUT2D eigenvalue weighted by atomic mass is 16.5. The molecular weight excluding hydrogens is 244 g/mol. The van der Waals surface area contributed by atoms with Gasteiger partial charge in [-0.25, -0.2) is 0 Å². The Kier molecular flexibility index (Phi) is 5.44. The molecule has 0 amide bonds. The Balaban J connectivity index is 1.86. The smallest absolute Gasteiger partial charge is 0.127 e. The summed E-state index contributed by atoms with van der Waals surface area (Å²) < 4.78 is 16.3. The summed E-state index contributed by atoms with van der Waals surface area (Å²) in [7, 11) is 1.65. The van der Waals surface area contributed by atoms with Crippen LogP contribution in [0.2, 0.25) is 0 Å². The summed E-state index contributed by atoms with van der Waals surface area (Å²) in [6, 6.07) is 5.74. The highest BCUT2D eigenvalue weighted by Gasteiger charge is 2.10. The van der Waals surface area contributed by atoms with Crippen molar-refractivity contribution in [1.29, 1.82) is 0 Å². The van der Waals surface area contributed by atoms with Crippen LogP contribution in [0.15, 0.2) is 18.2 Å². The van der Waals surface area contributed by atoms with Crippen LogP contribution in [0, 0.1) is 0 Å². The number of rotatable bonds is 6. The molecule has 1 saturated heterocycles. The van der Waals surface area contributed by atoms with Crippen LogP contribution in [-0.4, -0.2) is 51.5 Å². The van der Waals surface area contributed by atoms with Gasteiger partial charge in [0.25, 0.3) is 0 Å². The average Bonchev–Trinajstić information content (AvgIpc) is 2.48. The molecule has 0 unspecified atom stereocenters. The van der Waals surface area contributed by atoms with E-state index in [2.05, 4.69) is 4.90 Å². The van der Waals surface area contributed by atoms with Crippen LogP contribution in [0.3, 0.4) is 0 Å². The number of benzene rings is 1. The van der Waals surface area contributed by atoms with E-state index in [1.165, 1.54) is 0 Å². The van der Waals surface area contributed by atoms with E-state index in [-0.39, 0.29) is 0 Å². The number of hydrogen-bond acceptors (Lipinski definition) is 5. The minimum Gasteiger partial charge on any atom is -0.497 e. The summed E-state index contributed by atoms with van der Waals surface area (Å²) in [6.45, 7) is 5.61. The number of ether oxygens (including phenoxy) is 3. The van der Waals surface area contributed by atoms with E-state index in [1.54, 1.807) is 7.11 Å². The fourth-order valence-electron chi connectivity index (χ4n) is 2.07. The zero-order valence-electron chi connectivity index (χ0n) is 11.4. The van der Waals surface area contributed by atoms with E-state index in [1.807, 2.05) is 18.2 Å². The predicted octanol–water partition coefficient (Wildman–Crippen LogP) is 0.865. The maximum absolute atomic E-state index is 5.83. The zero-order chi connectivity index (χ0) is 13.5. The van der Waals surface area contributed by atoms with Crippen molar-refractivity contribution in [1.82, 2.24) is 4.90 Å². The molecule has 2 N–H and O–H groups in total. The fourth-order valence-corrected chi connectivity index (χ4v) is 2.07. The topological polar surface area (TPSA) is 57.0 Å². The van der Waals surface area contributed by atoms with Gasteiger partial charge in [-0.15, -0.1) is 0 Å². The number of hydrogen-bond donors (Lipinski definition) is 1. The third-order valence-electron chi connectivity index (χ3n) is 3.26. The van der Waals surface area contributed by atoms with E-state index in [9.17, 15) is 0 Å². The van der Waals surface area contributed by atoms with Crippen LogP contribution in [0.5, 0.6) is 11.5 Å². The van der Waals surface area contributed by atoms with Gasteiger partial charge in [0.2, 0.25) is 0 Å². The molecule has 1 aliphatic rings. The van der Waals surface area contributed by atoms with E-state index in [4.69, 9.17) is 19.9 Å². The highest BCUT2D eigenvalue weighted by molar-refractivity contribution is 5.40.